The van der Waals surface area contributed by atoms with Crippen molar-refractivity contribution in [1.82, 2.24) is 0 Å². The Hall–Kier alpha value is -5.07. The van der Waals surface area contributed by atoms with E-state index in [0.29, 0.717) is 30.3 Å². The van der Waals surface area contributed by atoms with E-state index in [0.717, 1.165) is 38.2 Å². The highest BCUT2D eigenvalue weighted by molar-refractivity contribution is 6.02. The molecule has 2 nitrogen and oxygen atoms in total. The SMILES string of the molecule is Fc1ccccc1C#Cc1ccc2cc3ccc(OCc4ccccc4)c(OCc4ccccc4)c3cc2c1. The van der Waals surface area contributed by atoms with Gasteiger partial charge < -0.3 is 9.47 Å². The molecule has 39 heavy (non-hydrogen) atoms. The number of benzene rings is 6. The molecule has 3 heteroatoms. The highest BCUT2D eigenvalue weighted by Crippen LogP contribution is 2.39. The number of halogens is 1. The molecule has 0 aliphatic heterocycles. The van der Waals surface area contributed by atoms with Crippen molar-refractivity contribution in [3.05, 3.63) is 155 Å². The van der Waals surface area contributed by atoms with Gasteiger partial charge >= 0.3 is 0 Å². The molecule has 0 spiro atoms. The second-order valence-electron chi connectivity index (χ2n) is 9.31. The van der Waals surface area contributed by atoms with Gasteiger partial charge in [0.1, 0.15) is 19.0 Å². The predicted octanol–water partition coefficient (Wildman–Crippen LogP) is 8.69. The summed E-state index contributed by atoms with van der Waals surface area (Å²) in [6.45, 7) is 0.866. The first-order valence-corrected chi connectivity index (χ1v) is 12.8. The van der Waals surface area contributed by atoms with E-state index in [1.165, 1.54) is 6.07 Å². The lowest BCUT2D eigenvalue weighted by Gasteiger charge is -2.16. The monoisotopic (exact) mass is 508 g/mol. The van der Waals surface area contributed by atoms with Gasteiger partial charge in [0.25, 0.3) is 0 Å². The van der Waals surface area contributed by atoms with Crippen LogP contribution in [0.15, 0.2) is 127 Å². The van der Waals surface area contributed by atoms with Crippen molar-refractivity contribution >= 4 is 21.5 Å². The van der Waals surface area contributed by atoms with Gasteiger partial charge in [-0.3, -0.25) is 0 Å². The van der Waals surface area contributed by atoms with Crippen LogP contribution in [0.1, 0.15) is 22.3 Å². The van der Waals surface area contributed by atoms with Gasteiger partial charge in [-0.05, 0) is 69.8 Å². The van der Waals surface area contributed by atoms with Crippen LogP contribution in [0.5, 0.6) is 11.5 Å². The molecule has 0 saturated carbocycles. The number of rotatable bonds is 6. The van der Waals surface area contributed by atoms with Gasteiger partial charge in [-0.1, -0.05) is 96.8 Å². The van der Waals surface area contributed by atoms with Crippen LogP contribution in [0.3, 0.4) is 0 Å². The average Bonchev–Trinajstić information content (AvgIpc) is 2.98. The number of hydrogen-bond acceptors (Lipinski definition) is 2. The molecule has 6 rings (SSSR count). The first-order chi connectivity index (χ1) is 19.2. The minimum atomic E-state index is -0.319. The Morgan fingerprint density at radius 1 is 0.538 bits per heavy atom. The van der Waals surface area contributed by atoms with Gasteiger partial charge in [-0.15, -0.1) is 0 Å². The number of ether oxygens (including phenoxy) is 2. The van der Waals surface area contributed by atoms with Gasteiger partial charge in [-0.2, -0.15) is 0 Å². The normalized spacial score (nSPS) is 10.7. The highest BCUT2D eigenvalue weighted by atomic mass is 19.1. The summed E-state index contributed by atoms with van der Waals surface area (Å²) in [6, 6.07) is 41.1. The molecule has 0 N–H and O–H groups in total. The molecule has 188 valence electrons. The van der Waals surface area contributed by atoms with Crippen LogP contribution in [0.2, 0.25) is 0 Å². The molecular weight excluding hydrogens is 483 g/mol. The van der Waals surface area contributed by atoms with Crippen LogP contribution >= 0.6 is 0 Å². The first kappa shape index (κ1) is 24.3. The molecule has 0 heterocycles. The van der Waals surface area contributed by atoms with E-state index in [-0.39, 0.29) is 5.82 Å². The Morgan fingerprint density at radius 3 is 1.95 bits per heavy atom. The van der Waals surface area contributed by atoms with Crippen molar-refractivity contribution in [2.45, 2.75) is 13.2 Å². The van der Waals surface area contributed by atoms with Gasteiger partial charge in [0, 0.05) is 10.9 Å². The van der Waals surface area contributed by atoms with Gasteiger partial charge in [0.05, 0.1) is 5.56 Å². The molecule has 0 bridgehead atoms. The van der Waals surface area contributed by atoms with Crippen molar-refractivity contribution in [3.8, 4) is 23.3 Å². The maximum atomic E-state index is 14.0. The third kappa shape index (κ3) is 5.61. The fraction of sp³-hybridized carbons (Fsp3) is 0.0556. The van der Waals surface area contributed by atoms with Gasteiger partial charge in [0.15, 0.2) is 11.5 Å². The minimum absolute atomic E-state index is 0.319. The molecule has 0 unspecified atom stereocenters. The summed E-state index contributed by atoms with van der Waals surface area (Å²) in [6.07, 6.45) is 0. The molecule has 0 aromatic heterocycles. The lowest BCUT2D eigenvalue weighted by Crippen LogP contribution is -2.01. The minimum Gasteiger partial charge on any atom is -0.485 e. The third-order valence-corrected chi connectivity index (χ3v) is 6.57. The molecule has 0 fully saturated rings. The maximum Gasteiger partial charge on any atom is 0.169 e. The molecular formula is C36H25FO2. The lowest BCUT2D eigenvalue weighted by molar-refractivity contribution is 0.259. The van der Waals surface area contributed by atoms with E-state index in [2.05, 4.69) is 30.0 Å². The molecule has 0 aliphatic carbocycles. The Morgan fingerprint density at radius 2 is 1.21 bits per heavy atom. The maximum absolute atomic E-state index is 14.0. The zero-order valence-electron chi connectivity index (χ0n) is 21.2. The molecule has 6 aromatic carbocycles. The molecule has 0 saturated heterocycles. The fourth-order valence-electron chi connectivity index (χ4n) is 4.53. The van der Waals surface area contributed by atoms with Crippen LogP contribution in [0.25, 0.3) is 21.5 Å². The molecule has 0 amide bonds. The predicted molar refractivity (Wildman–Crippen MR) is 155 cm³/mol. The topological polar surface area (TPSA) is 18.5 Å². The number of hydrogen-bond donors (Lipinski definition) is 0. The molecule has 0 aliphatic rings. The molecule has 0 atom stereocenters. The van der Waals surface area contributed by atoms with Crippen molar-refractivity contribution in [2.75, 3.05) is 0 Å². The Kier molecular flexibility index (Phi) is 6.93. The van der Waals surface area contributed by atoms with Gasteiger partial charge in [-0.25, -0.2) is 4.39 Å². The highest BCUT2D eigenvalue weighted by Gasteiger charge is 2.13. The smallest absolute Gasteiger partial charge is 0.169 e. The molecule has 6 aromatic rings. The summed E-state index contributed by atoms with van der Waals surface area (Å²) in [5, 5.41) is 4.13. The van der Waals surface area contributed by atoms with E-state index in [9.17, 15) is 4.39 Å². The van der Waals surface area contributed by atoms with E-state index >= 15 is 0 Å². The second-order valence-corrected chi connectivity index (χ2v) is 9.31. The third-order valence-electron chi connectivity index (χ3n) is 6.57. The van der Waals surface area contributed by atoms with Crippen LogP contribution in [0, 0.1) is 17.7 Å². The van der Waals surface area contributed by atoms with Crippen molar-refractivity contribution in [2.24, 2.45) is 0 Å². The van der Waals surface area contributed by atoms with Crippen LogP contribution in [0.4, 0.5) is 4.39 Å². The Labute approximate surface area is 227 Å². The fourth-order valence-corrected chi connectivity index (χ4v) is 4.53. The summed E-state index contributed by atoms with van der Waals surface area (Å²) >= 11 is 0. The zero-order chi connectivity index (χ0) is 26.4. The Balaban J connectivity index is 1.40. The standard InChI is InChI=1S/C36H25FO2/c37-34-14-8-7-13-29(34)17-15-26-16-18-30-22-31-19-20-35(38-24-27-9-3-1-4-10-27)36(33(31)23-32(30)21-26)39-25-28-11-5-2-6-12-28/h1-14,16,18-23H,24-25H2. The van der Waals surface area contributed by atoms with Gasteiger partial charge in [0.2, 0.25) is 0 Å². The van der Waals surface area contributed by atoms with Crippen LogP contribution in [-0.2, 0) is 13.2 Å². The Bertz CT molecular complexity index is 1820. The lowest BCUT2D eigenvalue weighted by atomic mass is 10.0. The van der Waals surface area contributed by atoms with Crippen molar-refractivity contribution in [1.29, 1.82) is 0 Å². The zero-order valence-corrected chi connectivity index (χ0v) is 21.2. The summed E-state index contributed by atoms with van der Waals surface area (Å²) in [5.41, 5.74) is 3.36. The van der Waals surface area contributed by atoms with Crippen molar-refractivity contribution in [3.63, 3.8) is 0 Å². The summed E-state index contributed by atoms with van der Waals surface area (Å²) in [7, 11) is 0. The van der Waals surface area contributed by atoms with E-state index in [4.69, 9.17) is 9.47 Å². The van der Waals surface area contributed by atoms with Crippen LogP contribution in [-0.4, -0.2) is 0 Å². The number of fused-ring (bicyclic) bond motifs is 2. The average molecular weight is 509 g/mol. The molecule has 0 radical (unpaired) electrons. The van der Waals surface area contributed by atoms with Crippen molar-refractivity contribution < 1.29 is 13.9 Å². The summed E-state index contributed by atoms with van der Waals surface area (Å²) in [5.74, 6) is 7.14. The van der Waals surface area contributed by atoms with Crippen LogP contribution < -0.4 is 9.47 Å². The second kappa shape index (κ2) is 11.1. The largest absolute Gasteiger partial charge is 0.485 e. The van der Waals surface area contributed by atoms with E-state index < -0.39 is 0 Å². The van der Waals surface area contributed by atoms with E-state index in [1.807, 2.05) is 84.9 Å². The first-order valence-electron chi connectivity index (χ1n) is 12.8. The summed E-state index contributed by atoms with van der Waals surface area (Å²) in [4.78, 5) is 0. The summed E-state index contributed by atoms with van der Waals surface area (Å²) < 4.78 is 26.7. The van der Waals surface area contributed by atoms with E-state index in [1.54, 1.807) is 18.2 Å². The quantitative estimate of drug-likeness (QED) is 0.165.